The molecule has 2 amide bonds. The van der Waals surface area contributed by atoms with Crippen molar-refractivity contribution in [2.24, 2.45) is 0 Å². The second kappa shape index (κ2) is 11.0. The Kier molecular flexibility index (Phi) is 8.38. The molecular weight excluding hydrogens is 378 g/mol. The lowest BCUT2D eigenvalue weighted by Gasteiger charge is -2.14. The maximum Gasteiger partial charge on any atom is 0.261 e. The quantitative estimate of drug-likeness (QED) is 0.465. The molecule has 0 unspecified atom stereocenters. The summed E-state index contributed by atoms with van der Waals surface area (Å²) in [6.07, 6.45) is 0.714. The summed E-state index contributed by atoms with van der Waals surface area (Å²) in [6, 6.07) is 13.8. The van der Waals surface area contributed by atoms with Gasteiger partial charge in [0.15, 0.2) is 5.11 Å². The second-order valence-electron chi connectivity index (χ2n) is 5.76. The summed E-state index contributed by atoms with van der Waals surface area (Å²) < 4.78 is 10.2. The normalized spacial score (nSPS) is 10.1. The first-order valence-electron chi connectivity index (χ1n) is 8.68. The standard InChI is InChI=1S/C20H23N3O4S/c1-26-13-7-12-21-18(24)14-8-3-5-10-16(14)22-20(28)23-19(25)15-9-4-6-11-17(15)27-2/h3-6,8-11H,7,12-13H2,1-2H3,(H,21,24)(H2,22,23,25,28). The van der Waals surface area contributed by atoms with Gasteiger partial charge < -0.3 is 20.1 Å². The molecule has 0 radical (unpaired) electrons. The maximum absolute atomic E-state index is 12.4. The number of ether oxygens (including phenoxy) is 2. The topological polar surface area (TPSA) is 88.7 Å². The molecule has 7 nitrogen and oxygen atoms in total. The van der Waals surface area contributed by atoms with E-state index < -0.39 is 5.91 Å². The zero-order valence-corrected chi connectivity index (χ0v) is 16.6. The van der Waals surface area contributed by atoms with Crippen LogP contribution in [0.25, 0.3) is 0 Å². The minimum Gasteiger partial charge on any atom is -0.496 e. The Morgan fingerprint density at radius 2 is 1.64 bits per heavy atom. The molecule has 28 heavy (non-hydrogen) atoms. The molecule has 0 atom stereocenters. The molecule has 148 valence electrons. The zero-order chi connectivity index (χ0) is 20.4. The summed E-state index contributed by atoms with van der Waals surface area (Å²) >= 11 is 5.23. The fraction of sp³-hybridized carbons (Fsp3) is 0.250. The number of para-hydroxylation sites is 2. The first-order chi connectivity index (χ1) is 13.6. The summed E-state index contributed by atoms with van der Waals surface area (Å²) in [7, 11) is 3.10. The summed E-state index contributed by atoms with van der Waals surface area (Å²) in [4.78, 5) is 24.8. The van der Waals surface area contributed by atoms with Crippen LogP contribution in [0.2, 0.25) is 0 Å². The molecule has 0 bridgehead atoms. The number of carbonyl (C=O) groups excluding carboxylic acids is 2. The van der Waals surface area contributed by atoms with Crippen molar-refractivity contribution < 1.29 is 19.1 Å². The van der Waals surface area contributed by atoms with Gasteiger partial charge in [0.05, 0.1) is 23.9 Å². The van der Waals surface area contributed by atoms with Gasteiger partial charge in [-0.05, 0) is 42.9 Å². The third-order valence-electron chi connectivity index (χ3n) is 3.81. The maximum atomic E-state index is 12.4. The molecule has 3 N–H and O–H groups in total. The van der Waals surface area contributed by atoms with Gasteiger partial charge >= 0.3 is 0 Å². The number of nitrogens with one attached hydrogen (secondary N) is 3. The molecule has 2 aromatic carbocycles. The van der Waals surface area contributed by atoms with Gasteiger partial charge in [-0.25, -0.2) is 0 Å². The van der Waals surface area contributed by atoms with Crippen LogP contribution < -0.4 is 20.7 Å². The predicted molar refractivity (Wildman–Crippen MR) is 112 cm³/mol. The lowest BCUT2D eigenvalue weighted by Crippen LogP contribution is -2.35. The summed E-state index contributed by atoms with van der Waals surface area (Å²) in [5.74, 6) is -0.201. The van der Waals surface area contributed by atoms with Crippen LogP contribution in [0, 0.1) is 0 Å². The highest BCUT2D eigenvalue weighted by atomic mass is 32.1. The highest BCUT2D eigenvalue weighted by Gasteiger charge is 2.15. The van der Waals surface area contributed by atoms with E-state index in [0.717, 1.165) is 0 Å². The van der Waals surface area contributed by atoms with Gasteiger partial charge in [-0.1, -0.05) is 24.3 Å². The van der Waals surface area contributed by atoms with Crippen LogP contribution in [-0.2, 0) is 4.74 Å². The van der Waals surface area contributed by atoms with E-state index in [1.807, 2.05) is 0 Å². The number of amides is 2. The Morgan fingerprint density at radius 1 is 0.964 bits per heavy atom. The largest absolute Gasteiger partial charge is 0.496 e. The van der Waals surface area contributed by atoms with Crippen molar-refractivity contribution in [3.63, 3.8) is 0 Å². The van der Waals surface area contributed by atoms with Gasteiger partial charge in [-0.3, -0.25) is 14.9 Å². The molecule has 2 aromatic rings. The van der Waals surface area contributed by atoms with Gasteiger partial charge in [0.2, 0.25) is 0 Å². The SMILES string of the molecule is COCCCNC(=O)c1ccccc1NC(=S)NC(=O)c1ccccc1OC. The fourth-order valence-corrected chi connectivity index (χ4v) is 2.66. The van der Waals surface area contributed by atoms with Gasteiger partial charge in [-0.2, -0.15) is 0 Å². The van der Waals surface area contributed by atoms with Crippen LogP contribution in [0.15, 0.2) is 48.5 Å². The Balaban J connectivity index is 2.02. The van der Waals surface area contributed by atoms with Crippen LogP contribution in [-0.4, -0.2) is 44.3 Å². The zero-order valence-electron chi connectivity index (χ0n) is 15.8. The molecule has 0 saturated carbocycles. The Hall–Kier alpha value is -2.97. The minimum absolute atomic E-state index is 0.0792. The number of thiocarbonyl (C=S) groups is 1. The molecule has 0 spiro atoms. The number of anilines is 1. The van der Waals surface area contributed by atoms with Gasteiger partial charge in [0.1, 0.15) is 5.75 Å². The molecular formula is C20H23N3O4S. The molecule has 0 fully saturated rings. The summed E-state index contributed by atoms with van der Waals surface area (Å²) in [5, 5.41) is 8.41. The highest BCUT2D eigenvalue weighted by Crippen LogP contribution is 2.18. The van der Waals surface area contributed by atoms with E-state index >= 15 is 0 Å². The molecule has 0 saturated heterocycles. The van der Waals surface area contributed by atoms with Gasteiger partial charge in [-0.15, -0.1) is 0 Å². The first kappa shape index (κ1) is 21.3. The Labute approximate surface area is 169 Å². The smallest absolute Gasteiger partial charge is 0.261 e. The Bertz CT molecular complexity index is 842. The van der Waals surface area contributed by atoms with E-state index in [1.165, 1.54) is 7.11 Å². The van der Waals surface area contributed by atoms with Crippen molar-refractivity contribution in [2.45, 2.75) is 6.42 Å². The minimum atomic E-state index is -0.406. The molecule has 0 aliphatic rings. The Morgan fingerprint density at radius 3 is 2.36 bits per heavy atom. The molecule has 0 heterocycles. The molecule has 0 aliphatic heterocycles. The van der Waals surface area contributed by atoms with E-state index in [-0.39, 0.29) is 11.0 Å². The second-order valence-corrected chi connectivity index (χ2v) is 6.16. The van der Waals surface area contributed by atoms with Crippen molar-refractivity contribution in [2.75, 3.05) is 32.7 Å². The number of hydrogen-bond acceptors (Lipinski definition) is 5. The van der Waals surface area contributed by atoms with Crippen LogP contribution >= 0.6 is 12.2 Å². The lowest BCUT2D eigenvalue weighted by molar-refractivity contribution is 0.0947. The summed E-state index contributed by atoms with van der Waals surface area (Å²) in [5.41, 5.74) is 1.28. The average Bonchev–Trinajstić information content (AvgIpc) is 2.71. The molecule has 8 heteroatoms. The van der Waals surface area contributed by atoms with Crippen molar-refractivity contribution in [1.29, 1.82) is 0 Å². The average molecular weight is 401 g/mol. The van der Waals surface area contributed by atoms with Crippen molar-refractivity contribution in [3.05, 3.63) is 59.7 Å². The lowest BCUT2D eigenvalue weighted by atomic mass is 10.1. The highest BCUT2D eigenvalue weighted by molar-refractivity contribution is 7.80. The van der Waals surface area contributed by atoms with Crippen LogP contribution in [0.5, 0.6) is 5.75 Å². The number of carbonyl (C=O) groups is 2. The fourth-order valence-electron chi connectivity index (χ4n) is 2.46. The van der Waals surface area contributed by atoms with Crippen molar-refractivity contribution >= 4 is 34.8 Å². The van der Waals surface area contributed by atoms with Crippen LogP contribution in [0.1, 0.15) is 27.1 Å². The number of methoxy groups -OCH3 is 2. The van der Waals surface area contributed by atoms with E-state index in [2.05, 4.69) is 16.0 Å². The van der Waals surface area contributed by atoms with Crippen molar-refractivity contribution in [1.82, 2.24) is 10.6 Å². The molecule has 2 rings (SSSR count). The number of hydrogen-bond donors (Lipinski definition) is 3. The van der Waals surface area contributed by atoms with Gasteiger partial charge in [0.25, 0.3) is 11.8 Å². The van der Waals surface area contributed by atoms with Crippen LogP contribution in [0.3, 0.4) is 0 Å². The predicted octanol–water partition coefficient (Wildman–Crippen LogP) is 2.59. The number of rotatable bonds is 8. The van der Waals surface area contributed by atoms with E-state index in [4.69, 9.17) is 21.7 Å². The van der Waals surface area contributed by atoms with Gasteiger partial charge in [0, 0.05) is 20.3 Å². The molecule has 0 aliphatic carbocycles. The third kappa shape index (κ3) is 6.04. The van der Waals surface area contributed by atoms with E-state index in [0.29, 0.717) is 42.1 Å². The van der Waals surface area contributed by atoms with E-state index in [9.17, 15) is 9.59 Å². The molecule has 0 aromatic heterocycles. The third-order valence-corrected chi connectivity index (χ3v) is 4.01. The van der Waals surface area contributed by atoms with Crippen LogP contribution in [0.4, 0.5) is 5.69 Å². The monoisotopic (exact) mass is 401 g/mol. The number of benzene rings is 2. The first-order valence-corrected chi connectivity index (χ1v) is 9.09. The van der Waals surface area contributed by atoms with Crippen molar-refractivity contribution in [3.8, 4) is 5.75 Å². The summed E-state index contributed by atoms with van der Waals surface area (Å²) in [6.45, 7) is 1.06. The van der Waals surface area contributed by atoms with E-state index in [1.54, 1.807) is 55.6 Å².